The summed E-state index contributed by atoms with van der Waals surface area (Å²) >= 11 is 0. The molecule has 1 aromatic carbocycles. The highest BCUT2D eigenvalue weighted by molar-refractivity contribution is 5.84. The van der Waals surface area contributed by atoms with Gasteiger partial charge in [0.25, 0.3) is 5.56 Å². The van der Waals surface area contributed by atoms with Crippen molar-refractivity contribution in [3.05, 3.63) is 52.1 Å². The van der Waals surface area contributed by atoms with E-state index in [0.29, 0.717) is 42.8 Å². The Morgan fingerprint density at radius 1 is 1.17 bits per heavy atom. The van der Waals surface area contributed by atoms with Crippen LogP contribution in [0.1, 0.15) is 44.1 Å². The van der Waals surface area contributed by atoms with Crippen LogP contribution < -0.4 is 10.9 Å². The van der Waals surface area contributed by atoms with Crippen LogP contribution in [0.15, 0.2) is 35.1 Å². The third-order valence-electron chi connectivity index (χ3n) is 5.09. The van der Waals surface area contributed by atoms with Gasteiger partial charge < -0.3 is 10.1 Å². The van der Waals surface area contributed by atoms with Crippen molar-refractivity contribution >= 4 is 16.8 Å². The number of hydrogen-bond donors (Lipinski definition) is 1. The molecule has 2 heterocycles. The first kappa shape index (κ1) is 21.7. The molecule has 1 unspecified atom stereocenters. The molecule has 0 spiro atoms. The molecule has 8 heteroatoms. The van der Waals surface area contributed by atoms with Gasteiger partial charge in [-0.1, -0.05) is 25.1 Å². The summed E-state index contributed by atoms with van der Waals surface area (Å²) in [6.07, 6.45) is 1.18. The predicted octanol–water partition coefficient (Wildman–Crippen LogP) is 2.69. The van der Waals surface area contributed by atoms with Gasteiger partial charge in [-0.2, -0.15) is 10.2 Å². The van der Waals surface area contributed by atoms with Gasteiger partial charge in [-0.3, -0.25) is 9.59 Å². The van der Waals surface area contributed by atoms with Gasteiger partial charge >= 0.3 is 0 Å². The van der Waals surface area contributed by atoms with Crippen molar-refractivity contribution in [1.82, 2.24) is 24.9 Å². The van der Waals surface area contributed by atoms with Crippen LogP contribution in [-0.4, -0.2) is 45.2 Å². The first-order valence-corrected chi connectivity index (χ1v) is 10.4. The van der Waals surface area contributed by atoms with Gasteiger partial charge in [-0.05, 0) is 45.7 Å². The number of ether oxygens (including phenoxy) is 1. The van der Waals surface area contributed by atoms with Gasteiger partial charge in [0.05, 0.1) is 22.5 Å². The van der Waals surface area contributed by atoms with E-state index in [1.807, 2.05) is 58.0 Å². The van der Waals surface area contributed by atoms with Crippen LogP contribution in [0.2, 0.25) is 0 Å². The molecule has 0 aliphatic heterocycles. The third-order valence-corrected chi connectivity index (χ3v) is 5.09. The Morgan fingerprint density at radius 3 is 2.57 bits per heavy atom. The molecule has 0 saturated carbocycles. The molecule has 0 radical (unpaired) electrons. The lowest BCUT2D eigenvalue weighted by Crippen LogP contribution is -2.39. The summed E-state index contributed by atoms with van der Waals surface area (Å²) in [5.41, 5.74) is 2.48. The molecule has 0 aliphatic carbocycles. The van der Waals surface area contributed by atoms with E-state index in [-0.39, 0.29) is 11.5 Å². The van der Waals surface area contributed by atoms with Crippen molar-refractivity contribution in [1.29, 1.82) is 0 Å². The second-order valence-electron chi connectivity index (χ2n) is 7.16. The van der Waals surface area contributed by atoms with Gasteiger partial charge in [0.2, 0.25) is 5.91 Å². The van der Waals surface area contributed by atoms with Gasteiger partial charge in [0.15, 0.2) is 0 Å². The molecule has 160 valence electrons. The molecule has 3 aromatic rings. The van der Waals surface area contributed by atoms with E-state index in [9.17, 15) is 9.59 Å². The number of carbonyl (C=O) groups excluding carboxylic acids is 1. The molecule has 1 N–H and O–H groups in total. The quantitative estimate of drug-likeness (QED) is 0.547. The Hall–Kier alpha value is -3.00. The van der Waals surface area contributed by atoms with Crippen LogP contribution in [0.5, 0.6) is 0 Å². The SMILES string of the molecule is CCOCCCNC(=O)C(CC)n1nc(C)c2nn(-c3ccccc3)c(C)c2c1=O. The van der Waals surface area contributed by atoms with Gasteiger partial charge in [0, 0.05) is 19.8 Å². The highest BCUT2D eigenvalue weighted by atomic mass is 16.5. The number of para-hydroxylation sites is 1. The smallest absolute Gasteiger partial charge is 0.278 e. The van der Waals surface area contributed by atoms with Gasteiger partial charge in [-0.15, -0.1) is 0 Å². The standard InChI is InChI=1S/C22H29N5O3/c1-5-18(21(28)23-13-10-14-30-6-2)27-22(29)19-16(4)26(17-11-8-7-9-12-17)25-20(19)15(3)24-27/h7-9,11-12,18H,5-6,10,13-14H2,1-4H3,(H,23,28). The van der Waals surface area contributed by atoms with Crippen LogP contribution in [0, 0.1) is 13.8 Å². The Labute approximate surface area is 175 Å². The maximum Gasteiger partial charge on any atom is 0.278 e. The molecule has 1 atom stereocenters. The second kappa shape index (κ2) is 9.67. The highest BCUT2D eigenvalue weighted by Gasteiger charge is 2.25. The lowest BCUT2D eigenvalue weighted by molar-refractivity contribution is -0.124. The summed E-state index contributed by atoms with van der Waals surface area (Å²) in [5.74, 6) is -0.213. The maximum absolute atomic E-state index is 13.3. The summed E-state index contributed by atoms with van der Waals surface area (Å²) in [6.45, 7) is 9.22. The molecule has 0 saturated heterocycles. The number of aryl methyl sites for hydroxylation is 2. The monoisotopic (exact) mass is 411 g/mol. The minimum atomic E-state index is -0.674. The average Bonchev–Trinajstić information content (AvgIpc) is 3.10. The minimum absolute atomic E-state index is 0.213. The molecule has 1 amide bonds. The number of hydrogen-bond acceptors (Lipinski definition) is 5. The van der Waals surface area contributed by atoms with Gasteiger partial charge in [0.1, 0.15) is 11.6 Å². The number of nitrogens with zero attached hydrogens (tertiary/aromatic N) is 4. The minimum Gasteiger partial charge on any atom is -0.382 e. The Morgan fingerprint density at radius 2 is 1.90 bits per heavy atom. The molecular formula is C22H29N5O3. The van der Waals surface area contributed by atoms with Crippen LogP contribution in [0.25, 0.3) is 16.6 Å². The summed E-state index contributed by atoms with van der Waals surface area (Å²) < 4.78 is 8.35. The van der Waals surface area contributed by atoms with Crippen LogP contribution in [0.3, 0.4) is 0 Å². The number of rotatable bonds is 9. The molecular weight excluding hydrogens is 382 g/mol. The van der Waals surface area contributed by atoms with Crippen LogP contribution >= 0.6 is 0 Å². The summed E-state index contributed by atoms with van der Waals surface area (Å²) in [5, 5.41) is 12.4. The first-order chi connectivity index (χ1) is 14.5. The Balaban J connectivity index is 1.96. The normalized spacial score (nSPS) is 12.3. The van der Waals surface area contributed by atoms with E-state index in [2.05, 4.69) is 15.5 Å². The van der Waals surface area contributed by atoms with E-state index in [0.717, 1.165) is 17.8 Å². The van der Waals surface area contributed by atoms with E-state index >= 15 is 0 Å². The fourth-order valence-electron chi connectivity index (χ4n) is 3.53. The maximum atomic E-state index is 13.3. The van der Waals surface area contributed by atoms with Crippen molar-refractivity contribution in [3.8, 4) is 5.69 Å². The average molecular weight is 412 g/mol. The Kier molecular flexibility index (Phi) is 6.99. The van der Waals surface area contributed by atoms with Gasteiger partial charge in [-0.25, -0.2) is 9.36 Å². The number of benzene rings is 1. The number of carbonyl (C=O) groups is 1. The number of aromatic nitrogens is 4. The van der Waals surface area contributed by atoms with Crippen molar-refractivity contribution in [2.45, 2.75) is 46.6 Å². The highest BCUT2D eigenvalue weighted by Crippen LogP contribution is 2.21. The Bertz CT molecular complexity index is 1070. The molecule has 0 bridgehead atoms. The molecule has 0 aliphatic rings. The van der Waals surface area contributed by atoms with Crippen molar-refractivity contribution in [2.75, 3.05) is 19.8 Å². The lowest BCUT2D eigenvalue weighted by Gasteiger charge is -2.17. The molecule has 8 nitrogen and oxygen atoms in total. The number of fused-ring (bicyclic) bond motifs is 1. The predicted molar refractivity (Wildman–Crippen MR) is 116 cm³/mol. The van der Waals surface area contributed by atoms with E-state index < -0.39 is 6.04 Å². The van der Waals surface area contributed by atoms with Crippen LogP contribution in [0.4, 0.5) is 0 Å². The van der Waals surface area contributed by atoms with Crippen LogP contribution in [-0.2, 0) is 9.53 Å². The van der Waals surface area contributed by atoms with Crippen molar-refractivity contribution in [2.24, 2.45) is 0 Å². The first-order valence-electron chi connectivity index (χ1n) is 10.4. The number of nitrogens with one attached hydrogen (secondary N) is 1. The molecule has 0 fully saturated rings. The molecule has 3 rings (SSSR count). The fourth-order valence-corrected chi connectivity index (χ4v) is 3.53. The summed E-state index contributed by atoms with van der Waals surface area (Å²) in [4.78, 5) is 26.1. The molecule has 2 aromatic heterocycles. The largest absolute Gasteiger partial charge is 0.382 e. The van der Waals surface area contributed by atoms with E-state index in [4.69, 9.17) is 4.74 Å². The number of amides is 1. The zero-order chi connectivity index (χ0) is 21.7. The zero-order valence-electron chi connectivity index (χ0n) is 18.0. The summed E-state index contributed by atoms with van der Waals surface area (Å²) in [6, 6.07) is 8.98. The zero-order valence-corrected chi connectivity index (χ0v) is 18.0. The van der Waals surface area contributed by atoms with Crippen molar-refractivity contribution < 1.29 is 9.53 Å². The third kappa shape index (κ3) is 4.28. The summed E-state index contributed by atoms with van der Waals surface area (Å²) in [7, 11) is 0. The lowest BCUT2D eigenvalue weighted by atomic mass is 10.2. The van der Waals surface area contributed by atoms with E-state index in [1.54, 1.807) is 4.68 Å². The second-order valence-corrected chi connectivity index (χ2v) is 7.16. The fraction of sp³-hybridized carbons (Fsp3) is 0.455. The van der Waals surface area contributed by atoms with Crippen molar-refractivity contribution in [3.63, 3.8) is 0 Å². The molecule has 30 heavy (non-hydrogen) atoms. The topological polar surface area (TPSA) is 91.0 Å². The van der Waals surface area contributed by atoms with E-state index in [1.165, 1.54) is 4.68 Å².